The van der Waals surface area contributed by atoms with Crippen LogP contribution in [0.4, 0.5) is 0 Å². The van der Waals surface area contributed by atoms with Crippen LogP contribution in [0.2, 0.25) is 0 Å². The molecule has 3 nitrogen and oxygen atoms in total. The van der Waals surface area contributed by atoms with E-state index < -0.39 is 0 Å². The Balaban J connectivity index is 2.15. The summed E-state index contributed by atoms with van der Waals surface area (Å²) in [6, 6.07) is 6.03. The second-order valence-corrected chi connectivity index (χ2v) is 5.68. The molecule has 0 amide bonds. The zero-order valence-corrected chi connectivity index (χ0v) is 12.0. The summed E-state index contributed by atoms with van der Waals surface area (Å²) in [6.45, 7) is 6.13. The molecule has 0 bridgehead atoms. The number of benzene rings is 1. The topological polar surface area (TPSA) is 41.8 Å². The Kier molecular flexibility index (Phi) is 4.46. The third-order valence-electron chi connectivity index (χ3n) is 3.93. The van der Waals surface area contributed by atoms with Gasteiger partial charge in [0.15, 0.2) is 0 Å². The van der Waals surface area contributed by atoms with Crippen LogP contribution in [0.3, 0.4) is 0 Å². The number of hydrogen-bond donors (Lipinski definition) is 1. The minimum Gasteiger partial charge on any atom is -0.490 e. The molecule has 0 radical (unpaired) electrons. The fraction of sp³-hybridized carbons (Fsp3) is 0.562. The van der Waals surface area contributed by atoms with Gasteiger partial charge in [0, 0.05) is 5.56 Å². The molecular formula is C16H23NO2. The molecule has 1 fully saturated rings. The highest BCUT2D eigenvalue weighted by molar-refractivity contribution is 6.00. The van der Waals surface area contributed by atoms with Gasteiger partial charge >= 0.3 is 0 Å². The van der Waals surface area contributed by atoms with Gasteiger partial charge in [0.1, 0.15) is 5.75 Å². The highest BCUT2D eigenvalue weighted by atomic mass is 16.5. The van der Waals surface area contributed by atoms with Crippen LogP contribution in [0.15, 0.2) is 23.4 Å². The fourth-order valence-electron chi connectivity index (χ4n) is 2.61. The molecule has 1 saturated carbocycles. The summed E-state index contributed by atoms with van der Waals surface area (Å²) in [4.78, 5) is 0. The molecule has 1 aliphatic carbocycles. The van der Waals surface area contributed by atoms with E-state index in [-0.39, 0.29) is 0 Å². The molecular weight excluding hydrogens is 238 g/mol. The third-order valence-corrected chi connectivity index (χ3v) is 3.93. The average molecular weight is 261 g/mol. The molecule has 1 aromatic rings. The van der Waals surface area contributed by atoms with Crippen LogP contribution in [0.25, 0.3) is 0 Å². The van der Waals surface area contributed by atoms with Crippen LogP contribution in [-0.4, -0.2) is 17.0 Å². The van der Waals surface area contributed by atoms with Gasteiger partial charge in [-0.15, -0.1) is 0 Å². The van der Waals surface area contributed by atoms with Gasteiger partial charge in [-0.05, 0) is 57.6 Å². The standard InChI is InChI=1S/C16H23NO2/c1-11-4-7-14(8-5-11)19-16-9-6-12(2)10-15(16)13(3)17-18/h6,9-11,14,18H,4-5,7-8H2,1-3H3. The van der Waals surface area contributed by atoms with E-state index in [0.717, 1.165) is 35.6 Å². The molecule has 1 aromatic carbocycles. The maximum absolute atomic E-state index is 8.98. The number of hydrogen-bond acceptors (Lipinski definition) is 3. The van der Waals surface area contributed by atoms with Gasteiger partial charge in [0.25, 0.3) is 0 Å². The van der Waals surface area contributed by atoms with E-state index in [4.69, 9.17) is 9.94 Å². The predicted octanol–water partition coefficient (Wildman–Crippen LogP) is 4.15. The first kappa shape index (κ1) is 13.9. The van der Waals surface area contributed by atoms with Crippen molar-refractivity contribution in [3.05, 3.63) is 29.3 Å². The third kappa shape index (κ3) is 3.49. The summed E-state index contributed by atoms with van der Waals surface area (Å²) < 4.78 is 6.12. The van der Waals surface area contributed by atoms with Gasteiger partial charge in [-0.1, -0.05) is 23.7 Å². The molecule has 19 heavy (non-hydrogen) atoms. The first-order valence-corrected chi connectivity index (χ1v) is 7.06. The second-order valence-electron chi connectivity index (χ2n) is 5.68. The van der Waals surface area contributed by atoms with E-state index in [1.807, 2.05) is 25.1 Å². The van der Waals surface area contributed by atoms with Crippen molar-refractivity contribution in [3.8, 4) is 5.75 Å². The van der Waals surface area contributed by atoms with Gasteiger partial charge in [0.05, 0.1) is 11.8 Å². The van der Waals surface area contributed by atoms with Crippen LogP contribution < -0.4 is 4.74 Å². The van der Waals surface area contributed by atoms with Crippen molar-refractivity contribution in [2.45, 2.75) is 52.6 Å². The molecule has 0 saturated heterocycles. The quantitative estimate of drug-likeness (QED) is 0.504. The smallest absolute Gasteiger partial charge is 0.128 e. The van der Waals surface area contributed by atoms with Crippen molar-refractivity contribution in [2.75, 3.05) is 0 Å². The Hall–Kier alpha value is -1.51. The normalized spacial score (nSPS) is 24.3. The van der Waals surface area contributed by atoms with Crippen molar-refractivity contribution in [1.82, 2.24) is 0 Å². The van der Waals surface area contributed by atoms with Gasteiger partial charge < -0.3 is 9.94 Å². The zero-order chi connectivity index (χ0) is 13.8. The van der Waals surface area contributed by atoms with E-state index in [1.54, 1.807) is 6.92 Å². The average Bonchev–Trinajstić information content (AvgIpc) is 2.42. The van der Waals surface area contributed by atoms with E-state index in [2.05, 4.69) is 12.1 Å². The number of aryl methyl sites for hydroxylation is 1. The molecule has 104 valence electrons. The lowest BCUT2D eigenvalue weighted by atomic mass is 9.89. The van der Waals surface area contributed by atoms with Gasteiger partial charge in [-0.2, -0.15) is 0 Å². The molecule has 0 aromatic heterocycles. The lowest BCUT2D eigenvalue weighted by Gasteiger charge is -2.27. The minimum atomic E-state index is 0.296. The predicted molar refractivity (Wildman–Crippen MR) is 77.2 cm³/mol. The van der Waals surface area contributed by atoms with Crippen molar-refractivity contribution >= 4 is 5.71 Å². The molecule has 2 rings (SSSR count). The highest BCUT2D eigenvalue weighted by Gasteiger charge is 2.20. The maximum atomic E-state index is 8.98. The van der Waals surface area contributed by atoms with Crippen molar-refractivity contribution in [3.63, 3.8) is 0 Å². The van der Waals surface area contributed by atoms with E-state index in [1.165, 1.54) is 12.8 Å². The minimum absolute atomic E-state index is 0.296. The van der Waals surface area contributed by atoms with Gasteiger partial charge in [-0.25, -0.2) is 0 Å². The van der Waals surface area contributed by atoms with E-state index in [9.17, 15) is 0 Å². The van der Waals surface area contributed by atoms with Gasteiger partial charge in [0.2, 0.25) is 0 Å². The first-order chi connectivity index (χ1) is 9.10. The molecule has 0 aliphatic heterocycles. The highest BCUT2D eigenvalue weighted by Crippen LogP contribution is 2.29. The molecule has 1 aliphatic rings. The van der Waals surface area contributed by atoms with Crippen molar-refractivity contribution in [2.24, 2.45) is 11.1 Å². The summed E-state index contributed by atoms with van der Waals surface area (Å²) in [6.07, 6.45) is 5.00. The van der Waals surface area contributed by atoms with Crippen molar-refractivity contribution in [1.29, 1.82) is 0 Å². The lowest BCUT2D eigenvalue weighted by molar-refractivity contribution is 0.135. The zero-order valence-electron chi connectivity index (χ0n) is 12.0. The van der Waals surface area contributed by atoms with E-state index >= 15 is 0 Å². The molecule has 1 N–H and O–H groups in total. The Morgan fingerprint density at radius 2 is 1.95 bits per heavy atom. The number of oxime groups is 1. The summed E-state index contributed by atoms with van der Waals surface area (Å²) in [5.41, 5.74) is 2.63. The Morgan fingerprint density at radius 1 is 1.26 bits per heavy atom. The summed E-state index contributed by atoms with van der Waals surface area (Å²) in [5.74, 6) is 1.65. The number of rotatable bonds is 3. The maximum Gasteiger partial charge on any atom is 0.128 e. The van der Waals surface area contributed by atoms with Crippen LogP contribution in [-0.2, 0) is 0 Å². The Bertz CT molecular complexity index is 460. The largest absolute Gasteiger partial charge is 0.490 e. The van der Waals surface area contributed by atoms with Crippen LogP contribution in [0.1, 0.15) is 50.7 Å². The van der Waals surface area contributed by atoms with Crippen LogP contribution in [0, 0.1) is 12.8 Å². The molecule has 3 heteroatoms. The second kappa shape index (κ2) is 6.09. The van der Waals surface area contributed by atoms with E-state index in [0.29, 0.717) is 11.8 Å². The SMILES string of the molecule is CC(=NO)c1cc(C)ccc1OC1CCC(C)CC1. The van der Waals surface area contributed by atoms with Crippen molar-refractivity contribution < 1.29 is 9.94 Å². The van der Waals surface area contributed by atoms with Gasteiger partial charge in [-0.3, -0.25) is 0 Å². The molecule has 0 heterocycles. The summed E-state index contributed by atoms with van der Waals surface area (Å²) >= 11 is 0. The fourth-order valence-corrected chi connectivity index (χ4v) is 2.61. The first-order valence-electron chi connectivity index (χ1n) is 7.06. The summed E-state index contributed by atoms with van der Waals surface area (Å²) in [7, 11) is 0. The Labute approximate surface area is 115 Å². The summed E-state index contributed by atoms with van der Waals surface area (Å²) in [5, 5.41) is 12.3. The molecule has 0 unspecified atom stereocenters. The number of ether oxygens (including phenoxy) is 1. The monoisotopic (exact) mass is 261 g/mol. The van der Waals surface area contributed by atoms with Crippen LogP contribution in [0.5, 0.6) is 5.75 Å². The Morgan fingerprint density at radius 3 is 2.58 bits per heavy atom. The molecule has 0 spiro atoms. The lowest BCUT2D eigenvalue weighted by Crippen LogP contribution is -2.23. The number of nitrogens with zero attached hydrogens (tertiary/aromatic N) is 1. The molecule has 0 atom stereocenters. The van der Waals surface area contributed by atoms with Crippen LogP contribution >= 0.6 is 0 Å².